The lowest BCUT2D eigenvalue weighted by Gasteiger charge is -2.09. The van der Waals surface area contributed by atoms with Crippen LogP contribution in [0.25, 0.3) is 5.65 Å². The van der Waals surface area contributed by atoms with Gasteiger partial charge in [0.2, 0.25) is 5.91 Å². The van der Waals surface area contributed by atoms with Gasteiger partial charge in [0.15, 0.2) is 5.65 Å². The molecule has 0 aliphatic rings. The van der Waals surface area contributed by atoms with Crippen molar-refractivity contribution in [3.63, 3.8) is 0 Å². The molecule has 7 nitrogen and oxygen atoms in total. The number of aromatic nitrogens is 3. The minimum atomic E-state index is -2.91. The molecule has 0 saturated carbocycles. The predicted molar refractivity (Wildman–Crippen MR) is 86.6 cm³/mol. The number of benzene rings is 1. The van der Waals surface area contributed by atoms with E-state index in [9.17, 15) is 18.4 Å². The van der Waals surface area contributed by atoms with E-state index in [1.165, 1.54) is 36.0 Å². The molecule has 0 fully saturated rings. The number of halogens is 2. The van der Waals surface area contributed by atoms with E-state index in [2.05, 4.69) is 20.6 Å². The summed E-state index contributed by atoms with van der Waals surface area (Å²) in [6.07, 6.45) is 1.14. The van der Waals surface area contributed by atoms with Crippen molar-refractivity contribution in [1.82, 2.24) is 14.4 Å². The summed E-state index contributed by atoms with van der Waals surface area (Å²) in [4.78, 5) is 31.2. The van der Waals surface area contributed by atoms with Gasteiger partial charge in [0.1, 0.15) is 11.4 Å². The number of imidazole rings is 1. The molecule has 2 N–H and O–H groups in total. The van der Waals surface area contributed by atoms with Gasteiger partial charge in [-0.2, -0.15) is 0 Å². The summed E-state index contributed by atoms with van der Waals surface area (Å²) >= 11 is 0. The average molecular weight is 345 g/mol. The minimum absolute atomic E-state index is 0.148. The zero-order valence-corrected chi connectivity index (χ0v) is 13.0. The Labute approximate surface area is 140 Å². The second kappa shape index (κ2) is 6.63. The van der Waals surface area contributed by atoms with Gasteiger partial charge in [-0.1, -0.05) is 6.07 Å². The van der Waals surface area contributed by atoms with Crippen LogP contribution in [-0.4, -0.2) is 26.2 Å². The topological polar surface area (TPSA) is 88.4 Å². The van der Waals surface area contributed by atoms with Gasteiger partial charge in [-0.25, -0.2) is 13.8 Å². The Hall–Kier alpha value is -3.36. The number of alkyl halides is 2. The van der Waals surface area contributed by atoms with E-state index in [4.69, 9.17) is 0 Å². The molecule has 0 atom stereocenters. The Morgan fingerprint density at radius 2 is 1.92 bits per heavy atom. The maximum absolute atomic E-state index is 13.2. The molecule has 2 heterocycles. The first kappa shape index (κ1) is 16.5. The van der Waals surface area contributed by atoms with Crippen LogP contribution in [0.5, 0.6) is 0 Å². The lowest BCUT2D eigenvalue weighted by molar-refractivity contribution is -0.114. The molecule has 128 valence electrons. The Kier molecular flexibility index (Phi) is 4.38. The zero-order valence-electron chi connectivity index (χ0n) is 13.0. The number of fused-ring (bicyclic) bond motifs is 1. The zero-order chi connectivity index (χ0) is 18.0. The average Bonchev–Trinajstić information content (AvgIpc) is 2.94. The van der Waals surface area contributed by atoms with E-state index in [1.807, 2.05) is 0 Å². The van der Waals surface area contributed by atoms with Crippen LogP contribution in [0.15, 0.2) is 42.9 Å². The van der Waals surface area contributed by atoms with E-state index in [-0.39, 0.29) is 17.2 Å². The Morgan fingerprint density at radius 3 is 2.60 bits per heavy atom. The molecule has 0 aliphatic heterocycles. The van der Waals surface area contributed by atoms with E-state index >= 15 is 0 Å². The molecule has 3 aromatic rings. The first-order valence-electron chi connectivity index (χ1n) is 7.25. The molecule has 0 radical (unpaired) electrons. The summed E-state index contributed by atoms with van der Waals surface area (Å²) in [5, 5.41) is 5.12. The predicted octanol–water partition coefficient (Wildman–Crippen LogP) is 2.88. The van der Waals surface area contributed by atoms with Crippen molar-refractivity contribution in [2.75, 3.05) is 10.6 Å². The summed E-state index contributed by atoms with van der Waals surface area (Å²) < 4.78 is 27.7. The molecule has 0 aliphatic carbocycles. The van der Waals surface area contributed by atoms with Gasteiger partial charge in [0.05, 0.1) is 6.20 Å². The van der Waals surface area contributed by atoms with E-state index < -0.39 is 18.0 Å². The molecule has 0 saturated heterocycles. The van der Waals surface area contributed by atoms with Crippen LogP contribution in [0.3, 0.4) is 0 Å². The van der Waals surface area contributed by atoms with Crippen LogP contribution in [0.1, 0.15) is 29.5 Å². The third-order valence-corrected chi connectivity index (χ3v) is 3.32. The fourth-order valence-electron chi connectivity index (χ4n) is 2.37. The highest BCUT2D eigenvalue weighted by atomic mass is 19.3. The van der Waals surface area contributed by atoms with E-state index in [0.29, 0.717) is 11.4 Å². The summed E-state index contributed by atoms with van der Waals surface area (Å²) in [6, 6.07) is 6.36. The SMILES string of the molecule is CC(=O)Nc1cccc(NC(=O)c2c(C(F)F)nc3cnccn23)c1. The van der Waals surface area contributed by atoms with Gasteiger partial charge in [0.25, 0.3) is 12.3 Å². The van der Waals surface area contributed by atoms with Crippen LogP contribution in [0, 0.1) is 0 Å². The van der Waals surface area contributed by atoms with Gasteiger partial charge in [0, 0.05) is 30.7 Å². The third-order valence-electron chi connectivity index (χ3n) is 3.32. The minimum Gasteiger partial charge on any atom is -0.326 e. The quantitative estimate of drug-likeness (QED) is 0.761. The molecule has 25 heavy (non-hydrogen) atoms. The fourth-order valence-corrected chi connectivity index (χ4v) is 2.37. The van der Waals surface area contributed by atoms with Gasteiger partial charge < -0.3 is 10.6 Å². The van der Waals surface area contributed by atoms with Crippen LogP contribution in [0.4, 0.5) is 20.2 Å². The van der Waals surface area contributed by atoms with E-state index in [0.717, 1.165) is 0 Å². The number of amides is 2. The van der Waals surface area contributed by atoms with Crippen molar-refractivity contribution in [2.24, 2.45) is 0 Å². The van der Waals surface area contributed by atoms with Crippen LogP contribution < -0.4 is 10.6 Å². The van der Waals surface area contributed by atoms with Gasteiger partial charge in [-0.3, -0.25) is 19.0 Å². The van der Waals surface area contributed by atoms with Gasteiger partial charge >= 0.3 is 0 Å². The highest BCUT2D eigenvalue weighted by Gasteiger charge is 2.25. The third kappa shape index (κ3) is 3.44. The first-order chi connectivity index (χ1) is 12.0. The number of carbonyl (C=O) groups excluding carboxylic acids is 2. The second-order valence-electron chi connectivity index (χ2n) is 5.17. The normalized spacial score (nSPS) is 10.9. The van der Waals surface area contributed by atoms with Crippen LogP contribution in [-0.2, 0) is 4.79 Å². The van der Waals surface area contributed by atoms with Crippen molar-refractivity contribution in [2.45, 2.75) is 13.3 Å². The summed E-state index contributed by atoms with van der Waals surface area (Å²) in [5.74, 6) is -1.01. The standard InChI is InChI=1S/C16H13F2N5O2/c1-9(24)20-10-3-2-4-11(7-10)21-16(25)14-13(15(17)18)22-12-8-19-5-6-23(12)14/h2-8,15H,1H3,(H,20,24)(H,21,25). The van der Waals surface area contributed by atoms with Crippen molar-refractivity contribution in [3.05, 3.63) is 54.2 Å². The maximum Gasteiger partial charge on any atom is 0.282 e. The summed E-state index contributed by atoms with van der Waals surface area (Å²) in [5.41, 5.74) is 0.0815. The van der Waals surface area contributed by atoms with Crippen molar-refractivity contribution < 1.29 is 18.4 Å². The fraction of sp³-hybridized carbons (Fsp3) is 0.125. The first-order valence-corrected chi connectivity index (χ1v) is 7.25. The highest BCUT2D eigenvalue weighted by Crippen LogP contribution is 2.24. The van der Waals surface area contributed by atoms with Crippen molar-refractivity contribution in [3.8, 4) is 0 Å². The summed E-state index contributed by atoms with van der Waals surface area (Å²) in [6.45, 7) is 1.35. The van der Waals surface area contributed by atoms with Gasteiger partial charge in [-0.05, 0) is 18.2 Å². The van der Waals surface area contributed by atoms with E-state index in [1.54, 1.807) is 18.2 Å². The van der Waals surface area contributed by atoms with Crippen LogP contribution in [0.2, 0.25) is 0 Å². The largest absolute Gasteiger partial charge is 0.326 e. The van der Waals surface area contributed by atoms with Crippen molar-refractivity contribution in [1.29, 1.82) is 0 Å². The highest BCUT2D eigenvalue weighted by molar-refractivity contribution is 6.05. The lowest BCUT2D eigenvalue weighted by Crippen LogP contribution is -2.17. The maximum atomic E-state index is 13.2. The van der Waals surface area contributed by atoms with Crippen molar-refractivity contribution >= 4 is 28.8 Å². The number of anilines is 2. The number of nitrogens with zero attached hydrogens (tertiary/aromatic N) is 3. The molecule has 2 amide bonds. The van der Waals surface area contributed by atoms with Crippen LogP contribution >= 0.6 is 0 Å². The molecular formula is C16H13F2N5O2. The second-order valence-corrected chi connectivity index (χ2v) is 5.17. The number of hydrogen-bond acceptors (Lipinski definition) is 4. The Balaban J connectivity index is 1.95. The number of rotatable bonds is 4. The van der Waals surface area contributed by atoms with Gasteiger partial charge in [-0.15, -0.1) is 0 Å². The molecule has 9 heteroatoms. The molecule has 1 aromatic carbocycles. The molecule has 0 bridgehead atoms. The molecule has 3 rings (SSSR count). The lowest BCUT2D eigenvalue weighted by atomic mass is 10.2. The number of hydrogen-bond donors (Lipinski definition) is 2. The molecule has 0 spiro atoms. The Bertz CT molecular complexity index is 955. The molecular weight excluding hydrogens is 332 g/mol. The monoisotopic (exact) mass is 345 g/mol. The number of nitrogens with one attached hydrogen (secondary N) is 2. The molecule has 0 unspecified atom stereocenters. The molecule has 2 aromatic heterocycles. The number of carbonyl (C=O) groups is 2. The smallest absolute Gasteiger partial charge is 0.282 e. The summed E-state index contributed by atoms with van der Waals surface area (Å²) in [7, 11) is 0. The Morgan fingerprint density at radius 1 is 1.20 bits per heavy atom.